The Morgan fingerprint density at radius 1 is 1.46 bits per heavy atom. The van der Waals surface area contributed by atoms with Gasteiger partial charge in [-0.25, -0.2) is 0 Å². The van der Waals surface area contributed by atoms with Crippen LogP contribution >= 0.6 is 0 Å². The van der Waals surface area contributed by atoms with E-state index in [-0.39, 0.29) is 0 Å². The highest BCUT2D eigenvalue weighted by Crippen LogP contribution is 2.19. The maximum atomic E-state index is 8.92. The summed E-state index contributed by atoms with van der Waals surface area (Å²) in [5.74, 6) is 0. The van der Waals surface area contributed by atoms with Crippen LogP contribution in [0.2, 0.25) is 0 Å². The molecule has 0 saturated heterocycles. The summed E-state index contributed by atoms with van der Waals surface area (Å²) < 4.78 is 1.68. The average molecular weight is 176 g/mol. The monoisotopic (exact) mass is 176 g/mol. The van der Waals surface area contributed by atoms with Crippen molar-refractivity contribution in [3.63, 3.8) is 0 Å². The molecule has 0 N–H and O–H groups in total. The number of hydrogen-bond acceptors (Lipinski definition) is 3. The van der Waals surface area contributed by atoms with Crippen LogP contribution in [0.15, 0.2) is 0 Å². The summed E-state index contributed by atoms with van der Waals surface area (Å²) in [6.07, 6.45) is 0.960. The van der Waals surface area contributed by atoms with E-state index in [2.05, 4.69) is 23.1 Å². The molecule has 0 amide bonds. The van der Waals surface area contributed by atoms with Crippen LogP contribution in [0.1, 0.15) is 17.0 Å². The van der Waals surface area contributed by atoms with Gasteiger partial charge in [-0.1, -0.05) is 0 Å². The smallest absolute Gasteiger partial charge is 0.142 e. The van der Waals surface area contributed by atoms with Crippen LogP contribution in [0.3, 0.4) is 0 Å². The zero-order chi connectivity index (χ0) is 9.42. The van der Waals surface area contributed by atoms with Gasteiger partial charge in [-0.05, 0) is 7.05 Å². The van der Waals surface area contributed by atoms with Gasteiger partial charge in [0.2, 0.25) is 0 Å². The molecule has 0 aliphatic carbocycles. The number of likely N-dealkylation sites (N-methyl/N-ethyl adjacent to an activating group) is 1. The van der Waals surface area contributed by atoms with Gasteiger partial charge < -0.3 is 4.90 Å². The summed E-state index contributed by atoms with van der Waals surface area (Å²) in [7, 11) is 3.90. The van der Waals surface area contributed by atoms with Crippen LogP contribution < -0.4 is 0 Å². The highest BCUT2D eigenvalue weighted by atomic mass is 15.3. The lowest BCUT2D eigenvalue weighted by Crippen LogP contribution is -2.26. The van der Waals surface area contributed by atoms with Crippen molar-refractivity contribution in [3.05, 3.63) is 17.0 Å². The highest BCUT2D eigenvalue weighted by molar-refractivity contribution is 5.36. The SMILES string of the molecule is CN1CCc2nn(C)c(C#N)c2C1. The Hall–Kier alpha value is -1.34. The van der Waals surface area contributed by atoms with Crippen molar-refractivity contribution in [2.75, 3.05) is 13.6 Å². The minimum atomic E-state index is 0.710. The molecule has 1 aliphatic heterocycles. The van der Waals surface area contributed by atoms with E-state index >= 15 is 0 Å². The molecule has 0 fully saturated rings. The molecule has 0 radical (unpaired) electrons. The molecule has 0 atom stereocenters. The molecule has 1 aliphatic rings. The predicted octanol–water partition coefficient (Wildman–Crippen LogP) is 0.280. The summed E-state index contributed by atoms with van der Waals surface area (Å²) in [5, 5.41) is 13.2. The number of aryl methyl sites for hydroxylation is 1. The number of rotatable bonds is 0. The summed E-state index contributed by atoms with van der Waals surface area (Å²) in [6.45, 7) is 1.89. The van der Waals surface area contributed by atoms with Crippen molar-refractivity contribution in [1.82, 2.24) is 14.7 Å². The van der Waals surface area contributed by atoms with Gasteiger partial charge in [0.05, 0.1) is 5.69 Å². The van der Waals surface area contributed by atoms with Crippen molar-refractivity contribution < 1.29 is 0 Å². The number of hydrogen-bond donors (Lipinski definition) is 0. The third-order valence-corrected chi connectivity index (χ3v) is 2.49. The molecule has 4 nitrogen and oxygen atoms in total. The summed E-state index contributed by atoms with van der Waals surface area (Å²) >= 11 is 0. The second kappa shape index (κ2) is 2.86. The predicted molar refractivity (Wildman–Crippen MR) is 48.0 cm³/mol. The van der Waals surface area contributed by atoms with Gasteiger partial charge in [0.1, 0.15) is 11.8 Å². The zero-order valence-electron chi connectivity index (χ0n) is 7.91. The maximum Gasteiger partial charge on any atom is 0.142 e. The third-order valence-electron chi connectivity index (χ3n) is 2.49. The second-order valence-corrected chi connectivity index (χ2v) is 3.50. The van der Waals surface area contributed by atoms with Crippen molar-refractivity contribution in [2.45, 2.75) is 13.0 Å². The highest BCUT2D eigenvalue weighted by Gasteiger charge is 2.21. The number of nitrogens with zero attached hydrogens (tertiary/aromatic N) is 4. The largest absolute Gasteiger partial charge is 0.302 e. The first kappa shape index (κ1) is 8.27. The average Bonchev–Trinajstić information content (AvgIpc) is 2.40. The van der Waals surface area contributed by atoms with Gasteiger partial charge in [0, 0.05) is 32.1 Å². The second-order valence-electron chi connectivity index (χ2n) is 3.50. The molecule has 0 bridgehead atoms. The molecule has 4 heteroatoms. The first-order valence-corrected chi connectivity index (χ1v) is 4.35. The fourth-order valence-electron chi connectivity index (χ4n) is 1.78. The van der Waals surface area contributed by atoms with Crippen LogP contribution in [0.25, 0.3) is 0 Å². The molecule has 2 heterocycles. The van der Waals surface area contributed by atoms with E-state index in [9.17, 15) is 0 Å². The first-order valence-electron chi connectivity index (χ1n) is 4.35. The molecule has 0 aromatic carbocycles. The molecular weight excluding hydrogens is 164 g/mol. The quantitative estimate of drug-likeness (QED) is 0.570. The Morgan fingerprint density at radius 3 is 2.92 bits per heavy atom. The van der Waals surface area contributed by atoms with E-state index in [1.54, 1.807) is 4.68 Å². The lowest BCUT2D eigenvalue weighted by molar-refractivity contribution is 0.311. The van der Waals surface area contributed by atoms with Gasteiger partial charge in [-0.15, -0.1) is 0 Å². The molecule has 0 unspecified atom stereocenters. The van der Waals surface area contributed by atoms with Gasteiger partial charge in [-0.3, -0.25) is 4.68 Å². The molecular formula is C9H12N4. The van der Waals surface area contributed by atoms with Gasteiger partial charge in [0.15, 0.2) is 0 Å². The lowest BCUT2D eigenvalue weighted by Gasteiger charge is -2.20. The van der Waals surface area contributed by atoms with Crippen molar-refractivity contribution in [3.8, 4) is 6.07 Å². The fourth-order valence-corrected chi connectivity index (χ4v) is 1.78. The molecule has 0 saturated carbocycles. The van der Waals surface area contributed by atoms with Crippen molar-refractivity contribution in [2.24, 2.45) is 7.05 Å². The molecule has 13 heavy (non-hydrogen) atoms. The third kappa shape index (κ3) is 1.21. The topological polar surface area (TPSA) is 44.9 Å². The standard InChI is InChI=1S/C9H12N4/c1-12-4-3-8-7(6-12)9(5-10)13(2)11-8/h3-4,6H2,1-2H3. The Bertz CT molecular complexity index is 372. The van der Waals surface area contributed by atoms with Crippen molar-refractivity contribution >= 4 is 0 Å². The van der Waals surface area contributed by atoms with E-state index in [0.717, 1.165) is 30.8 Å². The number of nitriles is 1. The van der Waals surface area contributed by atoms with Crippen molar-refractivity contribution in [1.29, 1.82) is 5.26 Å². The summed E-state index contributed by atoms with van der Waals surface area (Å²) in [5.41, 5.74) is 2.91. The van der Waals surface area contributed by atoms with Gasteiger partial charge >= 0.3 is 0 Å². The summed E-state index contributed by atoms with van der Waals surface area (Å²) in [6, 6.07) is 2.20. The van der Waals surface area contributed by atoms with Gasteiger partial charge in [0.25, 0.3) is 0 Å². The van der Waals surface area contributed by atoms with E-state index in [0.29, 0.717) is 5.69 Å². The lowest BCUT2D eigenvalue weighted by atomic mass is 10.1. The Morgan fingerprint density at radius 2 is 2.23 bits per heavy atom. The molecule has 2 rings (SSSR count). The van der Waals surface area contributed by atoms with Gasteiger partial charge in [-0.2, -0.15) is 10.4 Å². The van der Waals surface area contributed by atoms with Crippen LogP contribution in [0, 0.1) is 11.3 Å². The van der Waals surface area contributed by atoms with E-state index < -0.39 is 0 Å². The zero-order valence-corrected chi connectivity index (χ0v) is 7.91. The molecule has 1 aromatic heterocycles. The Labute approximate surface area is 77.4 Å². The van der Waals surface area contributed by atoms with Crippen LogP contribution in [-0.2, 0) is 20.0 Å². The minimum absolute atomic E-state index is 0.710. The number of fused-ring (bicyclic) bond motifs is 1. The molecule has 0 spiro atoms. The normalized spacial score (nSPS) is 16.7. The van der Waals surface area contributed by atoms with E-state index in [4.69, 9.17) is 5.26 Å². The van der Waals surface area contributed by atoms with E-state index in [1.807, 2.05) is 7.05 Å². The minimum Gasteiger partial charge on any atom is -0.302 e. The van der Waals surface area contributed by atoms with Crippen LogP contribution in [0.5, 0.6) is 0 Å². The molecule has 1 aromatic rings. The summed E-state index contributed by atoms with van der Waals surface area (Å²) in [4.78, 5) is 2.21. The molecule has 68 valence electrons. The Balaban J connectivity index is 2.50. The number of aromatic nitrogens is 2. The fraction of sp³-hybridized carbons (Fsp3) is 0.556. The first-order chi connectivity index (χ1) is 6.22. The van der Waals surface area contributed by atoms with E-state index in [1.165, 1.54) is 0 Å². The Kier molecular flexibility index (Phi) is 1.82. The van der Waals surface area contributed by atoms with Crippen LogP contribution in [0.4, 0.5) is 0 Å². The maximum absolute atomic E-state index is 8.92. The van der Waals surface area contributed by atoms with Crippen LogP contribution in [-0.4, -0.2) is 28.3 Å².